The van der Waals surface area contributed by atoms with Crippen molar-refractivity contribution >= 4 is 23.2 Å². The third-order valence-corrected chi connectivity index (χ3v) is 4.02. The summed E-state index contributed by atoms with van der Waals surface area (Å²) in [5.41, 5.74) is 1.12. The van der Waals surface area contributed by atoms with Crippen LogP contribution in [0.5, 0.6) is 0 Å². The van der Waals surface area contributed by atoms with Crippen LogP contribution >= 0.6 is 11.6 Å². The van der Waals surface area contributed by atoms with E-state index in [9.17, 15) is 0 Å². The van der Waals surface area contributed by atoms with Gasteiger partial charge in [0.25, 0.3) is 0 Å². The van der Waals surface area contributed by atoms with Crippen LogP contribution < -0.4 is 15.5 Å². The van der Waals surface area contributed by atoms with Gasteiger partial charge in [-0.3, -0.25) is 4.98 Å². The number of benzene rings is 1. The molecule has 116 valence electrons. The first-order valence-electron chi connectivity index (χ1n) is 7.50. The molecule has 2 N–H and O–H groups in total. The van der Waals surface area contributed by atoms with Gasteiger partial charge in [0.05, 0.1) is 12.4 Å². The number of rotatable bonds is 4. The highest BCUT2D eigenvalue weighted by atomic mass is 35.5. The van der Waals surface area contributed by atoms with E-state index in [2.05, 4.69) is 32.4 Å². The molecule has 1 aromatic carbocycles. The van der Waals surface area contributed by atoms with E-state index >= 15 is 0 Å². The van der Waals surface area contributed by atoms with Gasteiger partial charge in [-0.05, 0) is 24.6 Å². The predicted molar refractivity (Wildman–Crippen MR) is 90.5 cm³/mol. The highest BCUT2D eigenvalue weighted by Crippen LogP contribution is 2.17. The van der Waals surface area contributed by atoms with E-state index < -0.39 is 0 Å². The minimum Gasteiger partial charge on any atom is -0.365 e. The van der Waals surface area contributed by atoms with Crippen molar-refractivity contribution in [2.75, 3.05) is 29.9 Å². The summed E-state index contributed by atoms with van der Waals surface area (Å²) in [6.45, 7) is 5.78. The van der Waals surface area contributed by atoms with Crippen LogP contribution in [-0.4, -0.2) is 35.6 Å². The first kappa shape index (κ1) is 15.1. The number of hydrogen-bond acceptors (Lipinski definition) is 5. The maximum absolute atomic E-state index is 6.00. The smallest absolute Gasteiger partial charge is 0.149 e. The Balaban J connectivity index is 1.68. The molecule has 1 fully saturated rings. The van der Waals surface area contributed by atoms with Gasteiger partial charge in [0.2, 0.25) is 0 Å². The Morgan fingerprint density at radius 1 is 1.41 bits per heavy atom. The van der Waals surface area contributed by atoms with Crippen molar-refractivity contribution in [1.82, 2.24) is 15.3 Å². The standard InChI is InChI=1S/C16H20ClN5/c1-12-8-18-5-6-22(12)16-11-19-10-15(21-16)20-9-13-3-2-4-14(17)7-13/h2-4,7,10-12,18H,5-6,8-9H2,1H3,(H,20,21). The van der Waals surface area contributed by atoms with Crippen molar-refractivity contribution in [1.29, 1.82) is 0 Å². The molecule has 0 radical (unpaired) electrons. The van der Waals surface area contributed by atoms with Gasteiger partial charge in [0, 0.05) is 37.2 Å². The molecule has 5 nitrogen and oxygen atoms in total. The molecule has 0 bridgehead atoms. The van der Waals surface area contributed by atoms with Crippen molar-refractivity contribution < 1.29 is 0 Å². The van der Waals surface area contributed by atoms with Gasteiger partial charge in [0.1, 0.15) is 11.6 Å². The molecule has 1 aliphatic rings. The molecule has 0 spiro atoms. The predicted octanol–water partition coefficient (Wildman–Crippen LogP) is 2.54. The van der Waals surface area contributed by atoms with E-state index in [1.807, 2.05) is 30.5 Å². The Morgan fingerprint density at radius 3 is 3.14 bits per heavy atom. The van der Waals surface area contributed by atoms with Gasteiger partial charge in [-0.1, -0.05) is 23.7 Å². The fourth-order valence-corrected chi connectivity index (χ4v) is 2.81. The van der Waals surface area contributed by atoms with Crippen molar-refractivity contribution in [2.45, 2.75) is 19.5 Å². The normalized spacial score (nSPS) is 18.3. The molecule has 22 heavy (non-hydrogen) atoms. The van der Waals surface area contributed by atoms with E-state index in [0.29, 0.717) is 12.6 Å². The van der Waals surface area contributed by atoms with E-state index in [0.717, 1.165) is 41.9 Å². The zero-order chi connectivity index (χ0) is 15.4. The average molecular weight is 318 g/mol. The fourth-order valence-electron chi connectivity index (χ4n) is 2.60. The molecule has 0 saturated carbocycles. The van der Waals surface area contributed by atoms with Crippen LogP contribution in [0, 0.1) is 0 Å². The Morgan fingerprint density at radius 2 is 2.32 bits per heavy atom. The first-order chi connectivity index (χ1) is 10.7. The molecule has 3 rings (SSSR count). The third-order valence-electron chi connectivity index (χ3n) is 3.78. The van der Waals surface area contributed by atoms with Crippen LogP contribution in [0.15, 0.2) is 36.7 Å². The number of nitrogens with one attached hydrogen (secondary N) is 2. The molecule has 0 amide bonds. The van der Waals surface area contributed by atoms with Crippen LogP contribution in [0.4, 0.5) is 11.6 Å². The summed E-state index contributed by atoms with van der Waals surface area (Å²) in [6.07, 6.45) is 3.58. The first-order valence-corrected chi connectivity index (χ1v) is 7.88. The summed E-state index contributed by atoms with van der Waals surface area (Å²) in [7, 11) is 0. The average Bonchev–Trinajstić information content (AvgIpc) is 2.54. The summed E-state index contributed by atoms with van der Waals surface area (Å²) >= 11 is 6.00. The molecule has 2 aromatic rings. The Kier molecular flexibility index (Phi) is 4.75. The number of nitrogens with zero attached hydrogens (tertiary/aromatic N) is 3. The minimum absolute atomic E-state index is 0.422. The van der Waals surface area contributed by atoms with Gasteiger partial charge >= 0.3 is 0 Å². The van der Waals surface area contributed by atoms with E-state index in [1.165, 1.54) is 0 Å². The number of hydrogen-bond donors (Lipinski definition) is 2. The summed E-state index contributed by atoms with van der Waals surface area (Å²) in [5.74, 6) is 1.70. The molecule has 1 unspecified atom stereocenters. The van der Waals surface area contributed by atoms with Gasteiger partial charge in [-0.2, -0.15) is 0 Å². The fraction of sp³-hybridized carbons (Fsp3) is 0.375. The lowest BCUT2D eigenvalue weighted by Crippen LogP contribution is -2.50. The van der Waals surface area contributed by atoms with Gasteiger partial charge in [-0.15, -0.1) is 0 Å². The monoisotopic (exact) mass is 317 g/mol. The van der Waals surface area contributed by atoms with Crippen molar-refractivity contribution in [3.05, 3.63) is 47.2 Å². The highest BCUT2D eigenvalue weighted by molar-refractivity contribution is 6.30. The molecular weight excluding hydrogens is 298 g/mol. The van der Waals surface area contributed by atoms with Gasteiger partial charge in [0.15, 0.2) is 0 Å². The molecule has 1 aromatic heterocycles. The summed E-state index contributed by atoms with van der Waals surface area (Å²) in [5, 5.41) is 7.43. The molecule has 1 aliphatic heterocycles. The maximum atomic E-state index is 6.00. The molecule has 1 atom stereocenters. The second kappa shape index (κ2) is 6.94. The van der Waals surface area contributed by atoms with Crippen molar-refractivity contribution in [3.63, 3.8) is 0 Å². The van der Waals surface area contributed by atoms with Crippen LogP contribution in [0.2, 0.25) is 5.02 Å². The third kappa shape index (κ3) is 3.67. The summed E-state index contributed by atoms with van der Waals surface area (Å²) < 4.78 is 0. The minimum atomic E-state index is 0.422. The second-order valence-corrected chi connectivity index (χ2v) is 5.93. The largest absolute Gasteiger partial charge is 0.365 e. The number of halogens is 1. The Hall–Kier alpha value is -1.85. The van der Waals surface area contributed by atoms with Crippen LogP contribution in [0.1, 0.15) is 12.5 Å². The maximum Gasteiger partial charge on any atom is 0.149 e. The van der Waals surface area contributed by atoms with E-state index in [-0.39, 0.29) is 0 Å². The molecule has 0 aliphatic carbocycles. The molecule has 6 heteroatoms. The highest BCUT2D eigenvalue weighted by Gasteiger charge is 2.19. The van der Waals surface area contributed by atoms with Gasteiger partial charge in [-0.25, -0.2) is 4.98 Å². The Bertz CT molecular complexity index is 633. The summed E-state index contributed by atoms with van der Waals surface area (Å²) in [4.78, 5) is 11.3. The van der Waals surface area contributed by atoms with E-state index in [1.54, 1.807) is 6.20 Å². The molecule has 2 heterocycles. The van der Waals surface area contributed by atoms with Crippen LogP contribution in [0.3, 0.4) is 0 Å². The zero-order valence-corrected chi connectivity index (χ0v) is 13.3. The van der Waals surface area contributed by atoms with E-state index in [4.69, 9.17) is 11.6 Å². The molecule has 1 saturated heterocycles. The second-order valence-electron chi connectivity index (χ2n) is 5.49. The molecular formula is C16H20ClN5. The van der Waals surface area contributed by atoms with Crippen molar-refractivity contribution in [3.8, 4) is 0 Å². The van der Waals surface area contributed by atoms with Gasteiger partial charge < -0.3 is 15.5 Å². The number of piperazine rings is 1. The lowest BCUT2D eigenvalue weighted by atomic mass is 10.2. The van der Waals surface area contributed by atoms with Crippen LogP contribution in [0.25, 0.3) is 0 Å². The quantitative estimate of drug-likeness (QED) is 0.907. The number of aromatic nitrogens is 2. The van der Waals surface area contributed by atoms with Crippen molar-refractivity contribution in [2.24, 2.45) is 0 Å². The lowest BCUT2D eigenvalue weighted by molar-refractivity contribution is 0.497. The van der Waals surface area contributed by atoms with Crippen LogP contribution in [-0.2, 0) is 6.54 Å². The zero-order valence-electron chi connectivity index (χ0n) is 12.6. The summed E-state index contributed by atoms with van der Waals surface area (Å²) in [6, 6.07) is 8.23. The Labute approximate surface area is 135 Å². The topological polar surface area (TPSA) is 53.1 Å². The SMILES string of the molecule is CC1CNCCN1c1cncc(NCc2cccc(Cl)c2)n1. The number of anilines is 2. The lowest BCUT2D eigenvalue weighted by Gasteiger charge is -2.34.